The number of benzene rings is 1. The lowest BCUT2D eigenvalue weighted by Crippen LogP contribution is -2.31. The van der Waals surface area contributed by atoms with Gasteiger partial charge in [-0.2, -0.15) is 0 Å². The summed E-state index contributed by atoms with van der Waals surface area (Å²) in [6, 6.07) is 3.82. The first kappa shape index (κ1) is 18.4. The van der Waals surface area contributed by atoms with Gasteiger partial charge in [-0.15, -0.1) is 0 Å². The van der Waals surface area contributed by atoms with Crippen molar-refractivity contribution >= 4 is 21.7 Å². The second kappa shape index (κ2) is 8.14. The van der Waals surface area contributed by atoms with Gasteiger partial charge in [-0.05, 0) is 38.5 Å². The highest BCUT2D eigenvalue weighted by Gasteiger charge is 2.21. The Kier molecular flexibility index (Phi) is 6.83. The van der Waals surface area contributed by atoms with E-state index in [1.807, 2.05) is 0 Å². The average molecular weight is 328 g/mol. The van der Waals surface area contributed by atoms with Crippen molar-refractivity contribution < 1.29 is 18.3 Å². The van der Waals surface area contributed by atoms with Crippen LogP contribution in [0.5, 0.6) is 0 Å². The lowest BCUT2D eigenvalue weighted by Gasteiger charge is -2.15. The van der Waals surface area contributed by atoms with E-state index in [0.717, 1.165) is 19.3 Å². The molecule has 0 heterocycles. The number of carbonyl (C=O) groups is 1. The van der Waals surface area contributed by atoms with E-state index in [9.17, 15) is 13.2 Å². The number of carboxylic acid groups (broad SMARTS) is 1. The van der Waals surface area contributed by atoms with Crippen LogP contribution in [0.25, 0.3) is 0 Å². The summed E-state index contributed by atoms with van der Waals surface area (Å²) < 4.78 is 27.2. The minimum absolute atomic E-state index is 0.0300. The molecule has 0 aliphatic rings. The summed E-state index contributed by atoms with van der Waals surface area (Å²) in [5, 5.41) is 12.1. The first-order valence-corrected chi connectivity index (χ1v) is 8.89. The fourth-order valence-electron chi connectivity index (χ4n) is 2.00. The molecular formula is C15H24N2O4S. The Morgan fingerprint density at radius 1 is 1.27 bits per heavy atom. The van der Waals surface area contributed by atoms with Crippen LogP contribution in [0.3, 0.4) is 0 Å². The first-order valence-electron chi connectivity index (χ1n) is 7.41. The lowest BCUT2D eigenvalue weighted by atomic mass is 10.2. The third-order valence-corrected chi connectivity index (χ3v) is 4.70. The molecule has 0 unspecified atom stereocenters. The first-order chi connectivity index (χ1) is 10.3. The van der Waals surface area contributed by atoms with Gasteiger partial charge in [-0.1, -0.05) is 19.8 Å². The van der Waals surface area contributed by atoms with Crippen LogP contribution in [0, 0.1) is 0 Å². The summed E-state index contributed by atoms with van der Waals surface area (Å²) in [6.07, 6.45) is 3.04. The van der Waals surface area contributed by atoms with Crippen LogP contribution in [0.1, 0.15) is 50.4 Å². The Morgan fingerprint density at radius 3 is 2.50 bits per heavy atom. The van der Waals surface area contributed by atoms with Crippen molar-refractivity contribution in [1.82, 2.24) is 4.72 Å². The predicted octanol–water partition coefficient (Wildman–Crippen LogP) is 2.67. The Labute approximate surface area is 132 Å². The quantitative estimate of drug-likeness (QED) is 0.606. The number of hydrogen-bond donors (Lipinski definition) is 3. The molecule has 0 amide bonds. The number of unbranched alkanes of at least 4 members (excludes halogenated alkanes) is 2. The van der Waals surface area contributed by atoms with Crippen LogP contribution in [0.4, 0.5) is 5.69 Å². The van der Waals surface area contributed by atoms with Crippen LogP contribution in [0.2, 0.25) is 0 Å². The van der Waals surface area contributed by atoms with E-state index >= 15 is 0 Å². The van der Waals surface area contributed by atoms with Gasteiger partial charge >= 0.3 is 5.97 Å². The molecular weight excluding hydrogens is 304 g/mol. The number of sulfonamides is 1. The molecule has 6 nitrogen and oxygen atoms in total. The Hall–Kier alpha value is -1.60. The minimum Gasteiger partial charge on any atom is -0.478 e. The highest BCUT2D eigenvalue weighted by atomic mass is 32.2. The molecule has 0 saturated heterocycles. The molecule has 0 spiro atoms. The fourth-order valence-corrected chi connectivity index (χ4v) is 3.45. The predicted molar refractivity (Wildman–Crippen MR) is 86.9 cm³/mol. The van der Waals surface area contributed by atoms with E-state index in [0.29, 0.717) is 12.2 Å². The summed E-state index contributed by atoms with van der Waals surface area (Å²) in [6.45, 7) is 6.16. The monoisotopic (exact) mass is 328 g/mol. The maximum Gasteiger partial charge on any atom is 0.335 e. The zero-order valence-corrected chi connectivity index (χ0v) is 14.0. The minimum atomic E-state index is -3.76. The van der Waals surface area contributed by atoms with E-state index in [-0.39, 0.29) is 16.5 Å². The van der Waals surface area contributed by atoms with Crippen LogP contribution >= 0.6 is 0 Å². The smallest absolute Gasteiger partial charge is 0.335 e. The molecule has 0 aliphatic carbocycles. The van der Waals surface area contributed by atoms with Crippen molar-refractivity contribution in [3.63, 3.8) is 0 Å². The molecule has 124 valence electrons. The van der Waals surface area contributed by atoms with E-state index in [1.165, 1.54) is 18.2 Å². The van der Waals surface area contributed by atoms with Gasteiger partial charge in [0.25, 0.3) is 0 Å². The third-order valence-electron chi connectivity index (χ3n) is 3.00. The van der Waals surface area contributed by atoms with Crippen molar-refractivity contribution in [1.29, 1.82) is 0 Å². The van der Waals surface area contributed by atoms with Crippen molar-refractivity contribution in [3.05, 3.63) is 23.8 Å². The van der Waals surface area contributed by atoms with Crippen LogP contribution in [0.15, 0.2) is 23.1 Å². The molecule has 0 aliphatic heterocycles. The van der Waals surface area contributed by atoms with Crippen molar-refractivity contribution in [2.24, 2.45) is 0 Å². The fraction of sp³-hybridized carbons (Fsp3) is 0.533. The van der Waals surface area contributed by atoms with Gasteiger partial charge in [0, 0.05) is 12.6 Å². The second-order valence-electron chi connectivity index (χ2n) is 5.43. The maximum atomic E-state index is 12.4. The molecule has 0 radical (unpaired) electrons. The molecule has 1 aromatic carbocycles. The summed E-state index contributed by atoms with van der Waals surface area (Å²) in [4.78, 5) is 11.0. The number of anilines is 1. The van der Waals surface area contributed by atoms with E-state index in [1.54, 1.807) is 13.8 Å². The summed E-state index contributed by atoms with van der Waals surface area (Å²) in [5.74, 6) is -1.15. The summed E-state index contributed by atoms with van der Waals surface area (Å²) >= 11 is 0. The van der Waals surface area contributed by atoms with Crippen molar-refractivity contribution in [2.75, 3.05) is 11.9 Å². The number of rotatable bonds is 9. The molecule has 0 fully saturated rings. The highest BCUT2D eigenvalue weighted by molar-refractivity contribution is 7.89. The van der Waals surface area contributed by atoms with Crippen LogP contribution in [-0.4, -0.2) is 32.1 Å². The van der Waals surface area contributed by atoms with Crippen LogP contribution < -0.4 is 10.0 Å². The maximum absolute atomic E-state index is 12.4. The molecule has 1 rings (SSSR count). The lowest BCUT2D eigenvalue weighted by molar-refractivity contribution is 0.0696. The molecule has 3 N–H and O–H groups in total. The molecule has 7 heteroatoms. The number of hydrogen-bond acceptors (Lipinski definition) is 4. The van der Waals surface area contributed by atoms with E-state index in [2.05, 4.69) is 17.0 Å². The molecule has 1 aromatic rings. The number of aromatic carboxylic acids is 1. The van der Waals surface area contributed by atoms with Gasteiger partial charge < -0.3 is 10.4 Å². The molecule has 22 heavy (non-hydrogen) atoms. The van der Waals surface area contributed by atoms with Gasteiger partial charge in [-0.25, -0.2) is 17.9 Å². The number of carboxylic acids is 1. The van der Waals surface area contributed by atoms with Gasteiger partial charge in [-0.3, -0.25) is 0 Å². The molecule has 0 atom stereocenters. The van der Waals surface area contributed by atoms with Gasteiger partial charge in [0.05, 0.1) is 11.3 Å². The van der Waals surface area contributed by atoms with Gasteiger partial charge in [0.15, 0.2) is 0 Å². The summed E-state index contributed by atoms with van der Waals surface area (Å²) in [5.41, 5.74) is 0.373. The Bertz CT molecular complexity index is 612. The third kappa shape index (κ3) is 5.31. The largest absolute Gasteiger partial charge is 0.478 e. The van der Waals surface area contributed by atoms with Gasteiger partial charge in [0.1, 0.15) is 4.90 Å². The number of nitrogens with one attached hydrogen (secondary N) is 2. The summed E-state index contributed by atoms with van der Waals surface area (Å²) in [7, 11) is -3.76. The molecule has 0 saturated carbocycles. The van der Waals surface area contributed by atoms with Gasteiger partial charge in [0.2, 0.25) is 10.0 Å². The Balaban J connectivity index is 3.12. The molecule has 0 aromatic heterocycles. The topological polar surface area (TPSA) is 95.5 Å². The Morgan fingerprint density at radius 2 is 1.95 bits per heavy atom. The second-order valence-corrected chi connectivity index (χ2v) is 7.11. The molecule has 0 bridgehead atoms. The SMILES string of the molecule is CCCCCNc1ccc(C(=O)O)cc1S(=O)(=O)NC(C)C. The standard InChI is InChI=1S/C15H24N2O4S/c1-4-5-6-9-16-13-8-7-12(15(18)19)10-14(13)22(20,21)17-11(2)3/h7-8,10-11,16-17H,4-6,9H2,1-3H3,(H,18,19). The normalized spacial score (nSPS) is 11.6. The highest BCUT2D eigenvalue weighted by Crippen LogP contribution is 2.23. The zero-order valence-electron chi connectivity index (χ0n) is 13.2. The van der Waals surface area contributed by atoms with Crippen molar-refractivity contribution in [3.8, 4) is 0 Å². The van der Waals surface area contributed by atoms with E-state index < -0.39 is 16.0 Å². The van der Waals surface area contributed by atoms with E-state index in [4.69, 9.17) is 5.11 Å². The average Bonchev–Trinajstić information content (AvgIpc) is 2.42. The van der Waals surface area contributed by atoms with Crippen molar-refractivity contribution in [2.45, 2.75) is 51.0 Å². The zero-order chi connectivity index (χ0) is 16.8. The van der Waals surface area contributed by atoms with Crippen LogP contribution in [-0.2, 0) is 10.0 Å².